The molecule has 0 amide bonds. The van der Waals surface area contributed by atoms with Crippen LogP contribution in [0.25, 0.3) is 0 Å². The van der Waals surface area contributed by atoms with E-state index in [0.29, 0.717) is 0 Å². The molecule has 2 nitrogen and oxygen atoms in total. The first-order chi connectivity index (χ1) is 5.84. The Morgan fingerprint density at radius 1 is 1.33 bits per heavy atom. The molecule has 1 aliphatic rings. The molecule has 1 rings (SSSR count). The third kappa shape index (κ3) is 3.11. The zero-order valence-electron chi connectivity index (χ0n) is 8.26. The van der Waals surface area contributed by atoms with Crippen LogP contribution in [0.5, 0.6) is 0 Å². The van der Waals surface area contributed by atoms with Gasteiger partial charge < -0.3 is 10.6 Å². The quantitative estimate of drug-likeness (QED) is 0.649. The Kier molecular flexibility index (Phi) is 4.62. The molecule has 2 N–H and O–H groups in total. The Labute approximate surface area is 76.1 Å². The molecule has 0 spiro atoms. The first-order valence-electron chi connectivity index (χ1n) is 5.25. The fourth-order valence-electron chi connectivity index (χ4n) is 2.03. The molecule has 1 saturated heterocycles. The van der Waals surface area contributed by atoms with Gasteiger partial charge in [-0.05, 0) is 45.8 Å². The van der Waals surface area contributed by atoms with E-state index in [1.165, 1.54) is 45.1 Å². The second-order valence-corrected chi connectivity index (χ2v) is 3.91. The highest BCUT2D eigenvalue weighted by Gasteiger charge is 2.17. The van der Waals surface area contributed by atoms with Gasteiger partial charge in [-0.1, -0.05) is 12.8 Å². The summed E-state index contributed by atoms with van der Waals surface area (Å²) in [5.41, 5.74) is 5.47. The van der Waals surface area contributed by atoms with Crippen molar-refractivity contribution in [3.63, 3.8) is 0 Å². The maximum absolute atomic E-state index is 5.47. The van der Waals surface area contributed by atoms with Crippen LogP contribution in [-0.4, -0.2) is 31.1 Å². The topological polar surface area (TPSA) is 29.3 Å². The molecule has 1 aliphatic heterocycles. The molecule has 0 bridgehead atoms. The molecule has 0 aromatic rings. The van der Waals surface area contributed by atoms with E-state index in [4.69, 9.17) is 5.73 Å². The SMILES string of the molecule is CN1CCCCC1CCCCN. The standard InChI is InChI=1S/C10H22N2/c1-12-9-5-3-7-10(12)6-2-4-8-11/h10H,2-9,11H2,1H3. The lowest BCUT2D eigenvalue weighted by Gasteiger charge is -2.32. The van der Waals surface area contributed by atoms with Gasteiger partial charge in [0.1, 0.15) is 0 Å². The van der Waals surface area contributed by atoms with E-state index in [1.807, 2.05) is 0 Å². The third-order valence-electron chi connectivity index (χ3n) is 2.91. The number of unbranched alkanes of at least 4 members (excludes halogenated alkanes) is 1. The van der Waals surface area contributed by atoms with Crippen molar-refractivity contribution in [1.82, 2.24) is 4.90 Å². The van der Waals surface area contributed by atoms with Crippen LogP contribution in [0.3, 0.4) is 0 Å². The zero-order valence-corrected chi connectivity index (χ0v) is 8.26. The number of nitrogens with zero attached hydrogens (tertiary/aromatic N) is 1. The molecular weight excluding hydrogens is 148 g/mol. The fraction of sp³-hybridized carbons (Fsp3) is 1.00. The van der Waals surface area contributed by atoms with E-state index in [0.717, 1.165) is 12.6 Å². The van der Waals surface area contributed by atoms with E-state index < -0.39 is 0 Å². The Bertz CT molecular complexity index is 114. The highest BCUT2D eigenvalue weighted by atomic mass is 15.1. The van der Waals surface area contributed by atoms with Crippen LogP contribution in [0.1, 0.15) is 38.5 Å². The van der Waals surface area contributed by atoms with E-state index in [-0.39, 0.29) is 0 Å². The first-order valence-corrected chi connectivity index (χ1v) is 5.25. The molecule has 1 heterocycles. The Balaban J connectivity index is 2.11. The van der Waals surface area contributed by atoms with Gasteiger partial charge in [-0.2, -0.15) is 0 Å². The highest BCUT2D eigenvalue weighted by Crippen LogP contribution is 2.19. The molecule has 1 unspecified atom stereocenters. The molecule has 0 aromatic carbocycles. The van der Waals surface area contributed by atoms with Crippen LogP contribution >= 0.6 is 0 Å². The summed E-state index contributed by atoms with van der Waals surface area (Å²) in [7, 11) is 2.26. The van der Waals surface area contributed by atoms with Crippen LogP contribution in [0.15, 0.2) is 0 Å². The van der Waals surface area contributed by atoms with Crippen molar-refractivity contribution < 1.29 is 0 Å². The zero-order chi connectivity index (χ0) is 8.81. The average molecular weight is 170 g/mol. The van der Waals surface area contributed by atoms with Crippen LogP contribution in [-0.2, 0) is 0 Å². The van der Waals surface area contributed by atoms with Gasteiger partial charge in [0.05, 0.1) is 0 Å². The second-order valence-electron chi connectivity index (χ2n) is 3.91. The van der Waals surface area contributed by atoms with Crippen LogP contribution in [0.4, 0.5) is 0 Å². The molecule has 0 aromatic heterocycles. The maximum Gasteiger partial charge on any atom is 0.00922 e. The van der Waals surface area contributed by atoms with Gasteiger partial charge in [0.2, 0.25) is 0 Å². The summed E-state index contributed by atoms with van der Waals surface area (Å²) in [6.45, 7) is 2.16. The predicted molar refractivity (Wildman–Crippen MR) is 53.2 cm³/mol. The highest BCUT2D eigenvalue weighted by molar-refractivity contribution is 4.73. The first kappa shape index (κ1) is 10.0. The normalized spacial score (nSPS) is 26.0. The van der Waals surface area contributed by atoms with Crippen molar-refractivity contribution >= 4 is 0 Å². The van der Waals surface area contributed by atoms with Crippen molar-refractivity contribution in [2.45, 2.75) is 44.6 Å². The van der Waals surface area contributed by atoms with Gasteiger partial charge in [0.15, 0.2) is 0 Å². The van der Waals surface area contributed by atoms with E-state index in [2.05, 4.69) is 11.9 Å². The number of likely N-dealkylation sites (tertiary alicyclic amines) is 1. The molecule has 0 radical (unpaired) electrons. The van der Waals surface area contributed by atoms with E-state index in [9.17, 15) is 0 Å². The van der Waals surface area contributed by atoms with Crippen molar-refractivity contribution in [2.75, 3.05) is 20.1 Å². The summed E-state index contributed by atoms with van der Waals surface area (Å²) < 4.78 is 0. The number of nitrogens with two attached hydrogens (primary N) is 1. The minimum atomic E-state index is 0.852. The molecule has 72 valence electrons. The van der Waals surface area contributed by atoms with Crippen molar-refractivity contribution in [1.29, 1.82) is 0 Å². The average Bonchev–Trinajstić information content (AvgIpc) is 2.09. The van der Waals surface area contributed by atoms with Gasteiger partial charge in [-0.15, -0.1) is 0 Å². The van der Waals surface area contributed by atoms with Gasteiger partial charge >= 0.3 is 0 Å². The largest absolute Gasteiger partial charge is 0.330 e. The number of piperidine rings is 1. The smallest absolute Gasteiger partial charge is 0.00922 e. The molecule has 2 heteroatoms. The molecule has 1 fully saturated rings. The number of hydrogen-bond acceptors (Lipinski definition) is 2. The van der Waals surface area contributed by atoms with E-state index in [1.54, 1.807) is 0 Å². The third-order valence-corrected chi connectivity index (χ3v) is 2.91. The van der Waals surface area contributed by atoms with Crippen LogP contribution < -0.4 is 5.73 Å². The van der Waals surface area contributed by atoms with Gasteiger partial charge in [-0.25, -0.2) is 0 Å². The minimum Gasteiger partial charge on any atom is -0.330 e. The lowest BCUT2D eigenvalue weighted by molar-refractivity contribution is 0.173. The second kappa shape index (κ2) is 5.55. The minimum absolute atomic E-state index is 0.852. The molecule has 1 atom stereocenters. The molecule has 0 saturated carbocycles. The summed E-state index contributed by atoms with van der Waals surface area (Å²) >= 11 is 0. The van der Waals surface area contributed by atoms with Crippen LogP contribution in [0.2, 0.25) is 0 Å². The van der Waals surface area contributed by atoms with Gasteiger partial charge in [-0.3, -0.25) is 0 Å². The predicted octanol–water partition coefficient (Wildman–Crippen LogP) is 1.60. The lowest BCUT2D eigenvalue weighted by Crippen LogP contribution is -2.36. The van der Waals surface area contributed by atoms with Gasteiger partial charge in [0, 0.05) is 6.04 Å². The monoisotopic (exact) mass is 170 g/mol. The van der Waals surface area contributed by atoms with Crippen molar-refractivity contribution in [3.8, 4) is 0 Å². The summed E-state index contributed by atoms with van der Waals surface area (Å²) in [6, 6.07) is 0.852. The summed E-state index contributed by atoms with van der Waals surface area (Å²) in [5.74, 6) is 0. The van der Waals surface area contributed by atoms with E-state index >= 15 is 0 Å². The summed E-state index contributed by atoms with van der Waals surface area (Å²) in [4.78, 5) is 2.51. The lowest BCUT2D eigenvalue weighted by atomic mass is 9.98. The summed E-state index contributed by atoms with van der Waals surface area (Å²) in [5, 5.41) is 0. The molecule has 12 heavy (non-hydrogen) atoms. The van der Waals surface area contributed by atoms with Gasteiger partial charge in [0.25, 0.3) is 0 Å². The Morgan fingerprint density at radius 2 is 2.17 bits per heavy atom. The number of rotatable bonds is 4. The van der Waals surface area contributed by atoms with Crippen molar-refractivity contribution in [2.24, 2.45) is 5.73 Å². The number of hydrogen-bond donors (Lipinski definition) is 1. The summed E-state index contributed by atoms with van der Waals surface area (Å²) in [6.07, 6.45) is 8.09. The molecular formula is C10H22N2. The van der Waals surface area contributed by atoms with Crippen LogP contribution in [0, 0.1) is 0 Å². The maximum atomic E-state index is 5.47. The fourth-order valence-corrected chi connectivity index (χ4v) is 2.03. The Morgan fingerprint density at radius 3 is 2.83 bits per heavy atom. The molecule has 0 aliphatic carbocycles. The van der Waals surface area contributed by atoms with Crippen molar-refractivity contribution in [3.05, 3.63) is 0 Å². The Hall–Kier alpha value is -0.0800.